The quantitative estimate of drug-likeness (QED) is 0.366. The van der Waals surface area contributed by atoms with E-state index in [2.05, 4.69) is 19.0 Å². The normalized spacial score (nSPS) is 15.3. The third-order valence-corrected chi connectivity index (χ3v) is 1.83. The summed E-state index contributed by atoms with van der Waals surface area (Å²) >= 11 is 0. The van der Waals surface area contributed by atoms with Gasteiger partial charge >= 0.3 is 0 Å². The fourth-order valence-corrected chi connectivity index (χ4v) is 0.802. The molecule has 2 nitrogen and oxygen atoms in total. The molecule has 10 heavy (non-hydrogen) atoms. The van der Waals surface area contributed by atoms with Crippen LogP contribution in [0, 0.1) is 5.92 Å². The maximum absolute atomic E-state index is 8.46. The summed E-state index contributed by atoms with van der Waals surface area (Å²) in [4.78, 5) is 0. The van der Waals surface area contributed by atoms with Crippen molar-refractivity contribution in [1.29, 1.82) is 0 Å². The molecule has 0 heterocycles. The zero-order valence-corrected chi connectivity index (χ0v) is 7.09. The molecule has 0 saturated carbocycles. The van der Waals surface area contributed by atoms with Crippen LogP contribution in [0.25, 0.3) is 0 Å². The van der Waals surface area contributed by atoms with E-state index >= 15 is 0 Å². The van der Waals surface area contributed by atoms with Crippen LogP contribution in [0.1, 0.15) is 40.0 Å². The molecule has 0 aliphatic heterocycles. The lowest BCUT2D eigenvalue weighted by Crippen LogP contribution is -2.03. The average molecular weight is 143 g/mol. The summed E-state index contributed by atoms with van der Waals surface area (Å²) < 4.78 is 0. The first-order valence-corrected chi connectivity index (χ1v) is 3.94. The van der Waals surface area contributed by atoms with Crippen molar-refractivity contribution < 1.29 is 5.21 Å². The Morgan fingerprint density at radius 3 is 2.40 bits per heavy atom. The molecule has 1 N–H and O–H groups in total. The Kier molecular flexibility index (Phi) is 4.99. The molecule has 2 heteroatoms. The molecule has 0 fully saturated rings. The van der Waals surface area contributed by atoms with Crippen LogP contribution in [0.2, 0.25) is 0 Å². The Morgan fingerprint density at radius 1 is 1.50 bits per heavy atom. The summed E-state index contributed by atoms with van der Waals surface area (Å²) in [7, 11) is 0. The third-order valence-electron chi connectivity index (χ3n) is 1.83. The predicted octanol–water partition coefficient (Wildman–Crippen LogP) is 2.66. The van der Waals surface area contributed by atoms with Crippen molar-refractivity contribution in [2.45, 2.75) is 40.0 Å². The van der Waals surface area contributed by atoms with E-state index < -0.39 is 0 Å². The molecule has 1 unspecified atom stereocenters. The first-order valence-electron chi connectivity index (χ1n) is 3.94. The predicted molar refractivity (Wildman–Crippen MR) is 43.6 cm³/mol. The minimum atomic E-state index is 0.644. The van der Waals surface area contributed by atoms with Crippen molar-refractivity contribution in [2.24, 2.45) is 11.1 Å². The highest BCUT2D eigenvalue weighted by molar-refractivity contribution is 5.83. The van der Waals surface area contributed by atoms with Gasteiger partial charge in [-0.25, -0.2) is 0 Å². The van der Waals surface area contributed by atoms with Gasteiger partial charge in [0.1, 0.15) is 0 Å². The van der Waals surface area contributed by atoms with Gasteiger partial charge < -0.3 is 5.21 Å². The smallest absolute Gasteiger partial charge is 0.0570 e. The van der Waals surface area contributed by atoms with Crippen molar-refractivity contribution in [3.63, 3.8) is 0 Å². The lowest BCUT2D eigenvalue weighted by molar-refractivity contribution is 0.315. The summed E-state index contributed by atoms with van der Waals surface area (Å²) in [6.45, 7) is 6.33. The summed E-state index contributed by atoms with van der Waals surface area (Å²) in [6.07, 6.45) is 2.95. The van der Waals surface area contributed by atoms with E-state index in [1.807, 2.05) is 6.92 Å². The van der Waals surface area contributed by atoms with Gasteiger partial charge in [0.05, 0.1) is 5.71 Å². The molecule has 0 aromatic carbocycles. The van der Waals surface area contributed by atoms with E-state index in [0.29, 0.717) is 5.92 Å². The van der Waals surface area contributed by atoms with Crippen LogP contribution in [0.5, 0.6) is 0 Å². The molecule has 0 radical (unpaired) electrons. The Labute approximate surface area is 62.9 Å². The van der Waals surface area contributed by atoms with Gasteiger partial charge in [0.25, 0.3) is 0 Å². The average Bonchev–Trinajstić information content (AvgIpc) is 1.99. The van der Waals surface area contributed by atoms with Gasteiger partial charge in [-0.3, -0.25) is 0 Å². The molecule has 0 amide bonds. The van der Waals surface area contributed by atoms with Gasteiger partial charge in [-0.05, 0) is 18.8 Å². The van der Waals surface area contributed by atoms with E-state index in [1.165, 1.54) is 0 Å². The summed E-state index contributed by atoms with van der Waals surface area (Å²) in [5.41, 5.74) is 0.911. The van der Waals surface area contributed by atoms with Crippen LogP contribution in [-0.2, 0) is 0 Å². The second kappa shape index (κ2) is 5.27. The number of nitrogens with zero attached hydrogens (tertiary/aromatic N) is 1. The molecule has 60 valence electrons. The molecule has 0 bridgehead atoms. The van der Waals surface area contributed by atoms with E-state index in [1.54, 1.807) is 0 Å². The maximum Gasteiger partial charge on any atom is 0.0570 e. The maximum atomic E-state index is 8.46. The molecule has 1 atom stereocenters. The van der Waals surface area contributed by atoms with Gasteiger partial charge in [0, 0.05) is 0 Å². The molecule has 0 aliphatic rings. The molecule has 0 rings (SSSR count). The minimum Gasteiger partial charge on any atom is -0.411 e. The van der Waals surface area contributed by atoms with Crippen molar-refractivity contribution in [3.8, 4) is 0 Å². The molecule has 0 aliphatic carbocycles. The van der Waals surface area contributed by atoms with Gasteiger partial charge in [-0.1, -0.05) is 32.3 Å². The number of hydrogen-bond donors (Lipinski definition) is 1. The van der Waals surface area contributed by atoms with Crippen LogP contribution in [0.4, 0.5) is 0 Å². The zero-order valence-electron chi connectivity index (χ0n) is 7.09. The highest BCUT2D eigenvalue weighted by Gasteiger charge is 2.02. The molecule has 0 spiro atoms. The standard InChI is InChI=1S/C8H17NO/c1-4-7(3)6-8(5-2)9-10/h7,10H,4-6H2,1-3H3. The Hall–Kier alpha value is -0.530. The van der Waals surface area contributed by atoms with Crippen LogP contribution in [-0.4, -0.2) is 10.9 Å². The number of hydrogen-bond acceptors (Lipinski definition) is 2. The topological polar surface area (TPSA) is 32.6 Å². The Bertz CT molecular complexity index is 110. The molecular weight excluding hydrogens is 126 g/mol. The second-order valence-corrected chi connectivity index (χ2v) is 2.74. The van der Waals surface area contributed by atoms with Gasteiger partial charge in [0.15, 0.2) is 0 Å². The van der Waals surface area contributed by atoms with E-state index in [9.17, 15) is 0 Å². The first kappa shape index (κ1) is 9.47. The zero-order chi connectivity index (χ0) is 7.98. The largest absolute Gasteiger partial charge is 0.411 e. The first-order chi connectivity index (χ1) is 4.74. The Morgan fingerprint density at radius 2 is 2.10 bits per heavy atom. The van der Waals surface area contributed by atoms with E-state index in [0.717, 1.165) is 25.0 Å². The van der Waals surface area contributed by atoms with Crippen molar-refractivity contribution in [1.82, 2.24) is 0 Å². The van der Waals surface area contributed by atoms with E-state index in [-0.39, 0.29) is 0 Å². The number of oxime groups is 1. The SMILES string of the molecule is CCC(CC(C)CC)=NO. The van der Waals surface area contributed by atoms with Crippen molar-refractivity contribution in [2.75, 3.05) is 0 Å². The van der Waals surface area contributed by atoms with Crippen molar-refractivity contribution >= 4 is 5.71 Å². The fourth-order valence-electron chi connectivity index (χ4n) is 0.802. The lowest BCUT2D eigenvalue weighted by atomic mass is 10.0. The molecule has 0 aromatic rings. The summed E-state index contributed by atoms with van der Waals surface area (Å²) in [5, 5.41) is 11.7. The van der Waals surface area contributed by atoms with Gasteiger partial charge in [0.2, 0.25) is 0 Å². The second-order valence-electron chi connectivity index (χ2n) is 2.74. The minimum absolute atomic E-state index is 0.644. The summed E-state index contributed by atoms with van der Waals surface area (Å²) in [5.74, 6) is 0.644. The molecule has 0 saturated heterocycles. The van der Waals surface area contributed by atoms with E-state index in [4.69, 9.17) is 5.21 Å². The molecule has 0 aromatic heterocycles. The van der Waals surface area contributed by atoms with Crippen LogP contribution < -0.4 is 0 Å². The highest BCUT2D eigenvalue weighted by Crippen LogP contribution is 2.08. The molecular formula is C8H17NO. The van der Waals surface area contributed by atoms with Crippen molar-refractivity contribution in [3.05, 3.63) is 0 Å². The van der Waals surface area contributed by atoms with Gasteiger partial charge in [-0.15, -0.1) is 0 Å². The summed E-state index contributed by atoms with van der Waals surface area (Å²) in [6, 6.07) is 0. The number of rotatable bonds is 4. The van der Waals surface area contributed by atoms with Gasteiger partial charge in [-0.2, -0.15) is 0 Å². The monoisotopic (exact) mass is 143 g/mol. The Balaban J connectivity index is 3.64. The van der Waals surface area contributed by atoms with Crippen LogP contribution >= 0.6 is 0 Å². The third kappa shape index (κ3) is 3.49. The lowest BCUT2D eigenvalue weighted by Gasteiger charge is -2.06. The van der Waals surface area contributed by atoms with Crippen LogP contribution in [0.15, 0.2) is 5.16 Å². The highest BCUT2D eigenvalue weighted by atomic mass is 16.4. The van der Waals surface area contributed by atoms with Crippen LogP contribution in [0.3, 0.4) is 0 Å². The fraction of sp³-hybridized carbons (Fsp3) is 0.875.